The highest BCUT2D eigenvalue weighted by molar-refractivity contribution is 6.49. The van der Waals surface area contributed by atoms with E-state index >= 15 is 0 Å². The molecule has 6 heteroatoms. The summed E-state index contributed by atoms with van der Waals surface area (Å²) in [5.41, 5.74) is 5.93. The van der Waals surface area contributed by atoms with E-state index in [1.165, 1.54) is 14.2 Å². The molecule has 0 aliphatic heterocycles. The van der Waals surface area contributed by atoms with Gasteiger partial charge in [0.2, 0.25) is 0 Å². The van der Waals surface area contributed by atoms with Gasteiger partial charge in [-0.3, -0.25) is 0 Å². The SMILES string of the molecule is COc1c(N)c(OC)c(Cl)c(Cl)c1Cl. The summed E-state index contributed by atoms with van der Waals surface area (Å²) in [6, 6.07) is 0. The Hall–Kier alpha value is -0.510. The van der Waals surface area contributed by atoms with Crippen molar-refractivity contribution in [1.29, 1.82) is 0 Å². The van der Waals surface area contributed by atoms with E-state index in [0.29, 0.717) is 0 Å². The molecule has 0 bridgehead atoms. The van der Waals surface area contributed by atoms with Gasteiger partial charge in [-0.15, -0.1) is 0 Å². The van der Waals surface area contributed by atoms with Gasteiger partial charge in [-0.2, -0.15) is 0 Å². The van der Waals surface area contributed by atoms with Crippen LogP contribution in [0, 0.1) is 0 Å². The molecular formula is C8H8Cl3NO2. The van der Waals surface area contributed by atoms with Crippen molar-refractivity contribution in [2.45, 2.75) is 0 Å². The van der Waals surface area contributed by atoms with Gasteiger partial charge in [0.15, 0.2) is 11.5 Å². The molecule has 1 aromatic carbocycles. The number of halogens is 3. The second kappa shape index (κ2) is 4.34. The second-order valence-corrected chi connectivity index (χ2v) is 3.56. The first-order valence-corrected chi connectivity index (χ1v) is 4.71. The lowest BCUT2D eigenvalue weighted by molar-refractivity contribution is 0.399. The molecular weight excluding hydrogens is 248 g/mol. The summed E-state index contributed by atoms with van der Waals surface area (Å²) >= 11 is 17.5. The summed E-state index contributed by atoms with van der Waals surface area (Å²) in [5, 5.41) is 0.520. The second-order valence-electron chi connectivity index (χ2n) is 2.42. The highest BCUT2D eigenvalue weighted by Gasteiger charge is 2.20. The molecule has 1 rings (SSSR count). The lowest BCUT2D eigenvalue weighted by Crippen LogP contribution is -1.98. The van der Waals surface area contributed by atoms with Gasteiger partial charge in [-0.25, -0.2) is 0 Å². The molecule has 0 saturated carbocycles. The quantitative estimate of drug-likeness (QED) is 0.652. The van der Waals surface area contributed by atoms with E-state index in [2.05, 4.69) is 0 Å². The highest BCUT2D eigenvalue weighted by atomic mass is 35.5. The third-order valence-electron chi connectivity index (χ3n) is 1.68. The van der Waals surface area contributed by atoms with Crippen molar-refractivity contribution in [3.63, 3.8) is 0 Å². The maximum absolute atomic E-state index is 5.86. The fraction of sp³-hybridized carbons (Fsp3) is 0.250. The molecule has 2 N–H and O–H groups in total. The number of hydrogen-bond donors (Lipinski definition) is 1. The standard InChI is InChI=1S/C8H8Cl3NO2/c1-13-7-4(10)3(9)5(11)8(14-2)6(7)12/h12H2,1-2H3. The Bertz CT molecular complexity index is 337. The van der Waals surface area contributed by atoms with Gasteiger partial charge in [0.05, 0.1) is 19.2 Å². The van der Waals surface area contributed by atoms with E-state index in [9.17, 15) is 0 Å². The number of anilines is 1. The van der Waals surface area contributed by atoms with Crippen LogP contribution in [0.15, 0.2) is 0 Å². The topological polar surface area (TPSA) is 44.5 Å². The van der Waals surface area contributed by atoms with Crippen molar-refractivity contribution in [2.24, 2.45) is 0 Å². The molecule has 0 aliphatic rings. The van der Waals surface area contributed by atoms with Crippen LogP contribution >= 0.6 is 34.8 Å². The number of benzene rings is 1. The van der Waals surface area contributed by atoms with Crippen molar-refractivity contribution < 1.29 is 9.47 Å². The fourth-order valence-electron chi connectivity index (χ4n) is 1.03. The van der Waals surface area contributed by atoms with Crippen LogP contribution < -0.4 is 15.2 Å². The largest absolute Gasteiger partial charge is 0.493 e. The van der Waals surface area contributed by atoms with Gasteiger partial charge in [-0.1, -0.05) is 34.8 Å². The molecule has 78 valence electrons. The minimum atomic E-state index is 0.163. The van der Waals surface area contributed by atoms with E-state index in [0.717, 1.165) is 0 Å². The van der Waals surface area contributed by atoms with Crippen molar-refractivity contribution in [3.8, 4) is 11.5 Å². The van der Waals surface area contributed by atoms with Gasteiger partial charge < -0.3 is 15.2 Å². The fourth-order valence-corrected chi connectivity index (χ4v) is 1.80. The summed E-state index contributed by atoms with van der Waals surface area (Å²) in [7, 11) is 2.86. The molecule has 3 nitrogen and oxygen atoms in total. The third-order valence-corrected chi connectivity index (χ3v) is 2.97. The Morgan fingerprint density at radius 2 is 1.21 bits per heavy atom. The van der Waals surface area contributed by atoms with Crippen LogP contribution in [-0.2, 0) is 0 Å². The Morgan fingerprint density at radius 1 is 0.857 bits per heavy atom. The number of nitrogens with two attached hydrogens (primary N) is 1. The molecule has 0 saturated heterocycles. The number of ether oxygens (including phenoxy) is 2. The van der Waals surface area contributed by atoms with Crippen molar-refractivity contribution in [2.75, 3.05) is 20.0 Å². The summed E-state index contributed by atoms with van der Waals surface area (Å²) in [5.74, 6) is 0.524. The van der Waals surface area contributed by atoms with Gasteiger partial charge in [0.25, 0.3) is 0 Å². The van der Waals surface area contributed by atoms with Crippen molar-refractivity contribution in [1.82, 2.24) is 0 Å². The predicted molar refractivity (Wildman–Crippen MR) is 59.0 cm³/mol. The normalized spacial score (nSPS) is 10.1. The Morgan fingerprint density at radius 3 is 1.50 bits per heavy atom. The molecule has 0 atom stereocenters. The Kier molecular flexibility index (Phi) is 3.59. The molecule has 0 aliphatic carbocycles. The van der Waals surface area contributed by atoms with Gasteiger partial charge in [0, 0.05) is 0 Å². The smallest absolute Gasteiger partial charge is 0.165 e. The van der Waals surface area contributed by atoms with Crippen LogP contribution in [0.4, 0.5) is 5.69 Å². The number of rotatable bonds is 2. The van der Waals surface area contributed by atoms with E-state index < -0.39 is 0 Å². The van der Waals surface area contributed by atoms with Crippen LogP contribution in [0.3, 0.4) is 0 Å². The molecule has 14 heavy (non-hydrogen) atoms. The minimum Gasteiger partial charge on any atom is -0.493 e. The van der Waals surface area contributed by atoms with Crippen LogP contribution in [-0.4, -0.2) is 14.2 Å². The molecule has 0 heterocycles. The maximum Gasteiger partial charge on any atom is 0.165 e. The lowest BCUT2D eigenvalue weighted by atomic mass is 10.2. The van der Waals surface area contributed by atoms with Crippen LogP contribution in [0.5, 0.6) is 11.5 Å². The van der Waals surface area contributed by atoms with Gasteiger partial charge >= 0.3 is 0 Å². The summed E-state index contributed by atoms with van der Waals surface area (Å²) in [6.45, 7) is 0. The van der Waals surface area contributed by atoms with Gasteiger partial charge in [-0.05, 0) is 0 Å². The zero-order valence-electron chi connectivity index (χ0n) is 7.53. The zero-order valence-corrected chi connectivity index (χ0v) is 9.80. The van der Waals surface area contributed by atoms with Crippen molar-refractivity contribution in [3.05, 3.63) is 15.1 Å². The van der Waals surface area contributed by atoms with E-state index in [-0.39, 0.29) is 32.3 Å². The Balaban J connectivity index is 3.56. The van der Waals surface area contributed by atoms with E-state index in [4.69, 9.17) is 50.0 Å². The number of methoxy groups -OCH3 is 2. The van der Waals surface area contributed by atoms with Crippen molar-refractivity contribution >= 4 is 40.5 Å². The van der Waals surface area contributed by atoms with Gasteiger partial charge in [0.1, 0.15) is 15.7 Å². The van der Waals surface area contributed by atoms with E-state index in [1.807, 2.05) is 0 Å². The average molecular weight is 257 g/mol. The molecule has 0 unspecified atom stereocenters. The molecule has 0 radical (unpaired) electrons. The average Bonchev–Trinajstić information content (AvgIpc) is 2.16. The van der Waals surface area contributed by atoms with E-state index in [1.54, 1.807) is 0 Å². The monoisotopic (exact) mass is 255 g/mol. The number of hydrogen-bond acceptors (Lipinski definition) is 3. The summed E-state index contributed by atoms with van der Waals surface area (Å²) in [6.07, 6.45) is 0. The summed E-state index contributed by atoms with van der Waals surface area (Å²) < 4.78 is 9.95. The molecule has 1 aromatic rings. The first kappa shape index (κ1) is 11.6. The zero-order chi connectivity index (χ0) is 10.9. The van der Waals surface area contributed by atoms with Crippen LogP contribution in [0.2, 0.25) is 15.1 Å². The minimum absolute atomic E-state index is 0.163. The summed E-state index contributed by atoms with van der Waals surface area (Å²) in [4.78, 5) is 0. The predicted octanol–water partition coefficient (Wildman–Crippen LogP) is 3.25. The lowest BCUT2D eigenvalue weighted by Gasteiger charge is -2.14. The maximum atomic E-state index is 5.86. The molecule has 0 amide bonds. The van der Waals surface area contributed by atoms with Crippen LogP contribution in [0.1, 0.15) is 0 Å². The Labute approximate surface area is 96.6 Å². The number of nitrogen functional groups attached to an aromatic ring is 1. The molecule has 0 fully saturated rings. The molecule has 0 spiro atoms. The first-order chi connectivity index (χ1) is 6.54. The van der Waals surface area contributed by atoms with Crippen LogP contribution in [0.25, 0.3) is 0 Å². The first-order valence-electron chi connectivity index (χ1n) is 3.58. The highest BCUT2D eigenvalue weighted by Crippen LogP contribution is 2.48. The third kappa shape index (κ3) is 1.67. The molecule has 0 aromatic heterocycles.